The van der Waals surface area contributed by atoms with Crippen LogP contribution in [0.2, 0.25) is 0 Å². The van der Waals surface area contributed by atoms with Crippen molar-refractivity contribution in [1.82, 2.24) is 9.21 Å². The molecule has 0 N–H and O–H groups in total. The first-order chi connectivity index (χ1) is 14.8. The fourth-order valence-corrected chi connectivity index (χ4v) is 5.41. The predicted molar refractivity (Wildman–Crippen MR) is 120 cm³/mol. The monoisotopic (exact) mass is 442 g/mol. The van der Waals surface area contributed by atoms with Crippen molar-refractivity contribution < 1.29 is 17.6 Å². The maximum Gasteiger partial charge on any atom is 0.236 e. The van der Waals surface area contributed by atoms with Gasteiger partial charge >= 0.3 is 0 Å². The van der Waals surface area contributed by atoms with E-state index in [4.69, 9.17) is 4.42 Å². The Morgan fingerprint density at radius 2 is 1.84 bits per heavy atom. The van der Waals surface area contributed by atoms with Gasteiger partial charge in [-0.1, -0.05) is 37.3 Å². The van der Waals surface area contributed by atoms with Crippen LogP contribution in [0.1, 0.15) is 49.2 Å². The standard InChI is InChI=1S/C24H30N2O4S/c1-18-16-22(18)23-9-8-21(30-23)17-25(2)24(27)20-10-13-26(14-11-20)31(28,29)15-12-19-6-4-3-5-7-19/h3-9,12,15,18,20,22H,10-11,13-14,16-17H2,1-2H3/b15-12+. The summed E-state index contributed by atoms with van der Waals surface area (Å²) < 4.78 is 32.6. The Balaban J connectivity index is 1.29. The Kier molecular flexibility index (Phi) is 6.34. The van der Waals surface area contributed by atoms with Crippen molar-refractivity contribution in [1.29, 1.82) is 0 Å². The van der Waals surface area contributed by atoms with Crippen molar-refractivity contribution in [2.75, 3.05) is 20.1 Å². The molecule has 2 atom stereocenters. The van der Waals surface area contributed by atoms with Crippen LogP contribution in [0.3, 0.4) is 0 Å². The van der Waals surface area contributed by atoms with Crippen LogP contribution in [-0.2, 0) is 21.4 Å². The highest BCUT2D eigenvalue weighted by atomic mass is 32.2. The normalized spacial score (nSPS) is 22.6. The molecule has 1 saturated heterocycles. The van der Waals surface area contributed by atoms with Gasteiger partial charge in [0, 0.05) is 37.4 Å². The number of rotatable bonds is 7. The van der Waals surface area contributed by atoms with E-state index in [1.54, 1.807) is 18.0 Å². The first kappa shape index (κ1) is 21.8. The average Bonchev–Trinajstić information content (AvgIpc) is 3.33. The molecular formula is C24H30N2O4S. The van der Waals surface area contributed by atoms with Crippen LogP contribution in [0.25, 0.3) is 6.08 Å². The van der Waals surface area contributed by atoms with Crippen LogP contribution in [-0.4, -0.2) is 43.7 Å². The molecule has 31 heavy (non-hydrogen) atoms. The molecule has 6 nitrogen and oxygen atoms in total. The summed E-state index contributed by atoms with van der Waals surface area (Å²) in [5.74, 6) is 2.92. The third kappa shape index (κ3) is 5.28. The molecule has 2 unspecified atom stereocenters. The van der Waals surface area contributed by atoms with Crippen LogP contribution < -0.4 is 0 Å². The van der Waals surface area contributed by atoms with Crippen molar-refractivity contribution in [2.24, 2.45) is 11.8 Å². The van der Waals surface area contributed by atoms with Gasteiger partial charge in [-0.3, -0.25) is 4.79 Å². The molecule has 2 heterocycles. The summed E-state index contributed by atoms with van der Waals surface area (Å²) in [5, 5.41) is 1.26. The summed E-state index contributed by atoms with van der Waals surface area (Å²) in [7, 11) is -1.70. The van der Waals surface area contributed by atoms with E-state index >= 15 is 0 Å². The van der Waals surface area contributed by atoms with Gasteiger partial charge in [-0.05, 0) is 49.0 Å². The SMILES string of the molecule is CC1CC1c1ccc(CN(C)C(=O)C2CCN(S(=O)(=O)/C=C/c3ccccc3)CC2)o1. The lowest BCUT2D eigenvalue weighted by Crippen LogP contribution is -2.42. The maximum absolute atomic E-state index is 12.9. The van der Waals surface area contributed by atoms with E-state index in [1.807, 2.05) is 42.5 Å². The number of carbonyl (C=O) groups is 1. The Hall–Kier alpha value is -2.38. The summed E-state index contributed by atoms with van der Waals surface area (Å²) in [6.07, 6.45) is 3.85. The Morgan fingerprint density at radius 1 is 1.16 bits per heavy atom. The number of piperidine rings is 1. The molecule has 1 saturated carbocycles. The number of hydrogen-bond acceptors (Lipinski definition) is 4. The fourth-order valence-electron chi connectivity index (χ4n) is 4.19. The largest absolute Gasteiger partial charge is 0.464 e. The molecule has 2 aliphatic rings. The van der Waals surface area contributed by atoms with Gasteiger partial charge in [0.05, 0.1) is 6.54 Å². The predicted octanol–water partition coefficient (Wildman–Crippen LogP) is 4.07. The second-order valence-electron chi connectivity index (χ2n) is 8.75. The van der Waals surface area contributed by atoms with Gasteiger partial charge in [0.25, 0.3) is 0 Å². The molecule has 0 radical (unpaired) electrons. The molecule has 1 amide bonds. The number of sulfonamides is 1. The lowest BCUT2D eigenvalue weighted by molar-refractivity contribution is -0.136. The number of nitrogens with zero attached hydrogens (tertiary/aromatic N) is 2. The fraction of sp³-hybridized carbons (Fsp3) is 0.458. The zero-order valence-electron chi connectivity index (χ0n) is 18.1. The molecule has 2 aromatic rings. The lowest BCUT2D eigenvalue weighted by atomic mass is 9.96. The Bertz CT molecular complexity index is 1040. The van der Waals surface area contributed by atoms with Crippen molar-refractivity contribution in [3.8, 4) is 0 Å². The number of carbonyl (C=O) groups excluding carboxylic acids is 1. The molecule has 0 spiro atoms. The average molecular weight is 443 g/mol. The zero-order chi connectivity index (χ0) is 22.0. The van der Waals surface area contributed by atoms with Gasteiger partial charge in [-0.25, -0.2) is 8.42 Å². The van der Waals surface area contributed by atoms with E-state index in [0.717, 1.165) is 17.1 Å². The molecule has 1 aromatic carbocycles. The number of amides is 1. The van der Waals surface area contributed by atoms with Crippen LogP contribution in [0.4, 0.5) is 0 Å². The third-order valence-electron chi connectivity index (χ3n) is 6.32. The molecule has 166 valence electrons. The summed E-state index contributed by atoms with van der Waals surface area (Å²) in [5.41, 5.74) is 0.843. The number of benzene rings is 1. The third-order valence-corrected chi connectivity index (χ3v) is 7.89. The molecule has 1 aromatic heterocycles. The summed E-state index contributed by atoms with van der Waals surface area (Å²) in [6, 6.07) is 13.3. The van der Waals surface area contributed by atoms with Gasteiger partial charge in [0.1, 0.15) is 11.5 Å². The molecule has 2 fully saturated rings. The van der Waals surface area contributed by atoms with Crippen molar-refractivity contribution in [3.05, 3.63) is 65.0 Å². The quantitative estimate of drug-likeness (QED) is 0.648. The summed E-state index contributed by atoms with van der Waals surface area (Å²) in [6.45, 7) is 3.37. The van der Waals surface area contributed by atoms with E-state index in [2.05, 4.69) is 6.92 Å². The molecule has 0 bridgehead atoms. The molecule has 7 heteroatoms. The molecule has 4 rings (SSSR count). The van der Waals surface area contributed by atoms with Crippen molar-refractivity contribution in [3.63, 3.8) is 0 Å². The highest BCUT2D eigenvalue weighted by Crippen LogP contribution is 2.47. The molecule has 1 aliphatic carbocycles. The second kappa shape index (κ2) is 9.01. The minimum absolute atomic E-state index is 0.0506. The van der Waals surface area contributed by atoms with E-state index in [-0.39, 0.29) is 11.8 Å². The number of hydrogen-bond donors (Lipinski definition) is 0. The highest BCUT2D eigenvalue weighted by molar-refractivity contribution is 7.92. The topological polar surface area (TPSA) is 70.8 Å². The van der Waals surface area contributed by atoms with Crippen molar-refractivity contribution in [2.45, 2.75) is 38.6 Å². The van der Waals surface area contributed by atoms with E-state index in [9.17, 15) is 13.2 Å². The second-order valence-corrected chi connectivity index (χ2v) is 10.6. The van der Waals surface area contributed by atoms with Crippen LogP contribution in [0.15, 0.2) is 52.3 Å². The summed E-state index contributed by atoms with van der Waals surface area (Å²) in [4.78, 5) is 14.6. The Morgan fingerprint density at radius 3 is 2.48 bits per heavy atom. The van der Waals surface area contributed by atoms with Gasteiger partial charge in [-0.2, -0.15) is 4.31 Å². The smallest absolute Gasteiger partial charge is 0.236 e. The number of furan rings is 1. The zero-order valence-corrected chi connectivity index (χ0v) is 18.9. The van der Waals surface area contributed by atoms with Gasteiger partial charge in [0.2, 0.25) is 15.9 Å². The highest BCUT2D eigenvalue weighted by Gasteiger charge is 2.37. The first-order valence-corrected chi connectivity index (χ1v) is 12.4. The maximum atomic E-state index is 12.9. The van der Waals surface area contributed by atoms with E-state index in [0.29, 0.717) is 44.3 Å². The van der Waals surface area contributed by atoms with Crippen LogP contribution in [0.5, 0.6) is 0 Å². The Labute approximate surface area is 184 Å². The minimum Gasteiger partial charge on any atom is -0.464 e. The van der Waals surface area contributed by atoms with Gasteiger partial charge in [0.15, 0.2) is 0 Å². The molecular weight excluding hydrogens is 412 g/mol. The van der Waals surface area contributed by atoms with Crippen molar-refractivity contribution >= 4 is 22.0 Å². The molecule has 1 aliphatic heterocycles. The van der Waals surface area contributed by atoms with Crippen LogP contribution in [0, 0.1) is 11.8 Å². The lowest BCUT2D eigenvalue weighted by Gasteiger charge is -2.31. The van der Waals surface area contributed by atoms with Crippen LogP contribution >= 0.6 is 0 Å². The minimum atomic E-state index is -3.49. The van der Waals surface area contributed by atoms with Gasteiger partial charge in [-0.15, -0.1) is 0 Å². The van der Waals surface area contributed by atoms with E-state index < -0.39 is 10.0 Å². The van der Waals surface area contributed by atoms with E-state index in [1.165, 1.54) is 16.1 Å². The first-order valence-electron chi connectivity index (χ1n) is 10.9. The summed E-state index contributed by atoms with van der Waals surface area (Å²) >= 11 is 0. The van der Waals surface area contributed by atoms with Gasteiger partial charge < -0.3 is 9.32 Å².